The molecule has 2 aromatic carbocycles. The van der Waals surface area contributed by atoms with Crippen molar-refractivity contribution in [3.63, 3.8) is 0 Å². The molecule has 33 heavy (non-hydrogen) atoms. The highest BCUT2D eigenvalue weighted by Gasteiger charge is 2.28. The number of tetrazole rings is 1. The first-order valence-corrected chi connectivity index (χ1v) is 12.2. The number of hydrogen-bond acceptors (Lipinski definition) is 7. The van der Waals surface area contributed by atoms with Gasteiger partial charge in [0.2, 0.25) is 17.9 Å². The average molecular weight is 466 g/mol. The summed E-state index contributed by atoms with van der Waals surface area (Å²) in [5, 5.41) is 12.8. The van der Waals surface area contributed by atoms with Crippen molar-refractivity contribution in [3.05, 3.63) is 53.1 Å². The Labute approximate surface area is 197 Å². The van der Waals surface area contributed by atoms with Crippen molar-refractivity contribution in [1.29, 1.82) is 0 Å². The molecule has 1 aliphatic carbocycles. The number of benzene rings is 2. The largest absolute Gasteiger partial charge is 0.454 e. The maximum Gasteiger partial charge on any atom is 0.233 e. The molecule has 3 aromatic rings. The lowest BCUT2D eigenvalue weighted by atomic mass is 10.1. The van der Waals surface area contributed by atoms with Gasteiger partial charge < -0.3 is 14.4 Å². The van der Waals surface area contributed by atoms with Crippen LogP contribution in [0.25, 0.3) is 5.69 Å². The van der Waals surface area contributed by atoms with Crippen LogP contribution in [0.3, 0.4) is 0 Å². The highest BCUT2D eigenvalue weighted by molar-refractivity contribution is 7.99. The first kappa shape index (κ1) is 21.8. The Balaban J connectivity index is 1.32. The van der Waals surface area contributed by atoms with Crippen molar-refractivity contribution in [1.82, 2.24) is 25.1 Å². The topological polar surface area (TPSA) is 82.4 Å². The SMILES string of the molecule is Cc1ccc(C)c(-n2nnnc2SCC(=O)N(Cc2ccc3c(c2)OCO3)C2CCCC2)c1. The number of carbonyl (C=O) groups excluding carboxylic acids is 1. The Morgan fingerprint density at radius 2 is 1.94 bits per heavy atom. The van der Waals surface area contributed by atoms with Crippen LogP contribution < -0.4 is 9.47 Å². The van der Waals surface area contributed by atoms with Crippen molar-refractivity contribution in [3.8, 4) is 17.2 Å². The van der Waals surface area contributed by atoms with Crippen LogP contribution in [0.5, 0.6) is 11.5 Å². The van der Waals surface area contributed by atoms with Gasteiger partial charge in [-0.15, -0.1) is 5.10 Å². The van der Waals surface area contributed by atoms with E-state index < -0.39 is 0 Å². The fourth-order valence-corrected chi connectivity index (χ4v) is 5.22. The van der Waals surface area contributed by atoms with E-state index >= 15 is 0 Å². The third-order valence-corrected chi connectivity index (χ3v) is 7.14. The summed E-state index contributed by atoms with van der Waals surface area (Å²) in [6.07, 6.45) is 4.41. The smallest absolute Gasteiger partial charge is 0.233 e. The minimum Gasteiger partial charge on any atom is -0.454 e. The van der Waals surface area contributed by atoms with Crippen LogP contribution in [-0.2, 0) is 11.3 Å². The molecule has 0 atom stereocenters. The summed E-state index contributed by atoms with van der Waals surface area (Å²) >= 11 is 1.38. The van der Waals surface area contributed by atoms with Crippen molar-refractivity contribution >= 4 is 17.7 Å². The van der Waals surface area contributed by atoms with E-state index in [1.165, 1.54) is 11.8 Å². The quantitative estimate of drug-likeness (QED) is 0.487. The number of nitrogens with zero attached hydrogens (tertiary/aromatic N) is 5. The van der Waals surface area contributed by atoms with Crippen molar-refractivity contribution < 1.29 is 14.3 Å². The summed E-state index contributed by atoms with van der Waals surface area (Å²) in [7, 11) is 0. The third kappa shape index (κ3) is 4.68. The Morgan fingerprint density at radius 1 is 1.12 bits per heavy atom. The zero-order chi connectivity index (χ0) is 22.8. The van der Waals surface area contributed by atoms with E-state index in [9.17, 15) is 4.79 Å². The zero-order valence-corrected chi connectivity index (χ0v) is 19.7. The van der Waals surface area contributed by atoms with E-state index in [0.29, 0.717) is 11.7 Å². The fourth-order valence-electron chi connectivity index (χ4n) is 4.45. The normalized spacial score (nSPS) is 15.2. The van der Waals surface area contributed by atoms with Gasteiger partial charge in [0.25, 0.3) is 0 Å². The predicted octanol–water partition coefficient (Wildman–Crippen LogP) is 4.07. The minimum absolute atomic E-state index is 0.0973. The summed E-state index contributed by atoms with van der Waals surface area (Å²) in [5.41, 5.74) is 4.19. The number of ether oxygens (including phenoxy) is 2. The highest BCUT2D eigenvalue weighted by Crippen LogP contribution is 2.34. The van der Waals surface area contributed by atoms with E-state index in [2.05, 4.69) is 33.7 Å². The number of carbonyl (C=O) groups is 1. The second kappa shape index (κ2) is 9.43. The molecule has 0 radical (unpaired) electrons. The van der Waals surface area contributed by atoms with Gasteiger partial charge in [-0.3, -0.25) is 4.79 Å². The van der Waals surface area contributed by atoms with Crippen LogP contribution in [0.2, 0.25) is 0 Å². The molecule has 1 saturated carbocycles. The van der Waals surface area contributed by atoms with Crippen LogP contribution in [0.15, 0.2) is 41.6 Å². The lowest BCUT2D eigenvalue weighted by Gasteiger charge is -2.29. The predicted molar refractivity (Wildman–Crippen MR) is 125 cm³/mol. The second-order valence-corrected chi connectivity index (χ2v) is 9.54. The Bertz CT molecular complexity index is 1160. The lowest BCUT2D eigenvalue weighted by Crippen LogP contribution is -2.39. The second-order valence-electron chi connectivity index (χ2n) is 8.60. The monoisotopic (exact) mass is 465 g/mol. The van der Waals surface area contributed by atoms with Gasteiger partial charge in [0.1, 0.15) is 0 Å². The molecule has 1 fully saturated rings. The Kier molecular flexibility index (Phi) is 6.22. The number of thioether (sulfide) groups is 1. The Hall–Kier alpha value is -3.07. The van der Waals surface area contributed by atoms with Gasteiger partial charge in [0.15, 0.2) is 11.5 Å². The maximum absolute atomic E-state index is 13.4. The van der Waals surface area contributed by atoms with Crippen LogP contribution in [-0.4, -0.2) is 49.6 Å². The number of aryl methyl sites for hydroxylation is 2. The molecule has 8 nitrogen and oxygen atoms in total. The van der Waals surface area contributed by atoms with E-state index in [-0.39, 0.29) is 24.5 Å². The van der Waals surface area contributed by atoms with Crippen molar-refractivity contribution in [2.45, 2.75) is 57.3 Å². The van der Waals surface area contributed by atoms with E-state index in [4.69, 9.17) is 9.47 Å². The lowest BCUT2D eigenvalue weighted by molar-refractivity contribution is -0.131. The van der Waals surface area contributed by atoms with Crippen molar-refractivity contribution in [2.75, 3.05) is 12.5 Å². The minimum atomic E-state index is 0.0973. The maximum atomic E-state index is 13.4. The number of rotatable bonds is 7. The van der Waals surface area contributed by atoms with E-state index in [0.717, 1.165) is 59.6 Å². The molecule has 0 unspecified atom stereocenters. The molecule has 0 saturated heterocycles. The molecule has 1 aromatic heterocycles. The summed E-state index contributed by atoms with van der Waals surface area (Å²) in [4.78, 5) is 15.4. The molecule has 0 N–H and O–H groups in total. The van der Waals surface area contributed by atoms with Crippen LogP contribution in [0, 0.1) is 13.8 Å². The molecule has 5 rings (SSSR count). The first-order valence-electron chi connectivity index (χ1n) is 11.3. The molecule has 0 spiro atoms. The van der Waals surface area contributed by atoms with Crippen LogP contribution >= 0.6 is 11.8 Å². The van der Waals surface area contributed by atoms with Gasteiger partial charge >= 0.3 is 0 Å². The van der Waals surface area contributed by atoms with E-state index in [1.807, 2.05) is 36.9 Å². The van der Waals surface area contributed by atoms with Crippen LogP contribution in [0.4, 0.5) is 0 Å². The third-order valence-electron chi connectivity index (χ3n) is 6.23. The number of aromatic nitrogens is 4. The Morgan fingerprint density at radius 3 is 2.79 bits per heavy atom. The van der Waals surface area contributed by atoms with Gasteiger partial charge in [-0.1, -0.05) is 42.8 Å². The molecule has 172 valence electrons. The molecule has 2 heterocycles. The number of fused-ring (bicyclic) bond motifs is 1. The molecule has 1 aliphatic heterocycles. The summed E-state index contributed by atoms with van der Waals surface area (Å²) in [5.74, 6) is 1.88. The van der Waals surface area contributed by atoms with Crippen LogP contribution in [0.1, 0.15) is 42.4 Å². The number of amides is 1. The molecule has 9 heteroatoms. The van der Waals surface area contributed by atoms with E-state index in [1.54, 1.807) is 4.68 Å². The molecular weight excluding hydrogens is 438 g/mol. The van der Waals surface area contributed by atoms with Gasteiger partial charge in [-0.25, -0.2) is 0 Å². The van der Waals surface area contributed by atoms with Gasteiger partial charge in [-0.05, 0) is 72.0 Å². The average Bonchev–Trinajstić information content (AvgIpc) is 3.58. The summed E-state index contributed by atoms with van der Waals surface area (Å²) < 4.78 is 12.7. The molecule has 0 bridgehead atoms. The highest BCUT2D eigenvalue weighted by atomic mass is 32.2. The fraction of sp³-hybridized carbons (Fsp3) is 0.417. The first-order chi connectivity index (χ1) is 16.1. The molecule has 2 aliphatic rings. The van der Waals surface area contributed by atoms with Crippen molar-refractivity contribution in [2.24, 2.45) is 0 Å². The zero-order valence-electron chi connectivity index (χ0n) is 18.9. The van der Waals surface area contributed by atoms with Gasteiger partial charge in [-0.2, -0.15) is 4.68 Å². The van der Waals surface area contributed by atoms with Gasteiger partial charge in [0, 0.05) is 12.6 Å². The summed E-state index contributed by atoms with van der Waals surface area (Å²) in [6.45, 7) is 4.88. The van der Waals surface area contributed by atoms with Gasteiger partial charge in [0.05, 0.1) is 11.4 Å². The standard InChI is InChI=1S/C24H27N5O3S/c1-16-7-8-17(2)20(11-16)29-24(25-26-27-29)33-14-23(30)28(19-5-3-4-6-19)13-18-9-10-21-22(12-18)32-15-31-21/h7-12,19H,3-6,13-15H2,1-2H3. The summed E-state index contributed by atoms with van der Waals surface area (Å²) in [6, 6.07) is 12.3. The molecular formula is C24H27N5O3S. The molecule has 1 amide bonds. The number of hydrogen-bond donors (Lipinski definition) is 0.